The first-order valence-corrected chi connectivity index (χ1v) is 15.0. The number of halogens is 2. The Hall–Kier alpha value is -2.61. The summed E-state index contributed by atoms with van der Waals surface area (Å²) in [4.78, 5) is 10.3. The van der Waals surface area contributed by atoms with Gasteiger partial charge >= 0.3 is 0 Å². The maximum Gasteiger partial charge on any atom is 0.160 e. The van der Waals surface area contributed by atoms with Gasteiger partial charge in [0, 0.05) is 51.3 Å². The van der Waals surface area contributed by atoms with Crippen LogP contribution in [-0.2, 0) is 10.8 Å². The van der Waals surface area contributed by atoms with Crippen LogP contribution >= 0.6 is 49.9 Å². The topological polar surface area (TPSA) is 25.8 Å². The first-order chi connectivity index (χ1) is 17.7. The molecule has 2 aromatic heterocycles. The van der Waals surface area contributed by atoms with Gasteiger partial charge in [-0.25, -0.2) is 9.97 Å². The third-order valence-corrected chi connectivity index (χ3v) is 9.09. The molecule has 0 saturated heterocycles. The van der Waals surface area contributed by atoms with E-state index in [0.717, 1.165) is 43.7 Å². The van der Waals surface area contributed by atoms with Gasteiger partial charge in [0.25, 0.3) is 0 Å². The Balaban J connectivity index is 1.67. The Kier molecular flexibility index (Phi) is 6.63. The first kappa shape index (κ1) is 23.8. The summed E-state index contributed by atoms with van der Waals surface area (Å²) in [5.74, 6) is 0.756. The Morgan fingerprint density at radius 1 is 0.778 bits per heavy atom. The molecule has 0 fully saturated rings. The molecule has 0 unspecified atom stereocenters. The Morgan fingerprint density at radius 2 is 1.56 bits per heavy atom. The van der Waals surface area contributed by atoms with Crippen LogP contribution in [0.3, 0.4) is 0 Å². The monoisotopic (exact) mass is 660 g/mol. The lowest BCUT2D eigenvalue weighted by atomic mass is 9.96. The van der Waals surface area contributed by atoms with Crippen molar-refractivity contribution in [3.8, 4) is 33.9 Å². The smallest absolute Gasteiger partial charge is 0.160 e. The number of hydrogen-bond donors (Lipinski definition) is 0. The molecule has 0 aliphatic rings. The molecule has 0 radical (unpaired) electrons. The second-order valence-electron chi connectivity index (χ2n) is 8.70. The fraction of sp³-hybridized carbons (Fsp3) is 0.0968. The van der Waals surface area contributed by atoms with E-state index in [0.29, 0.717) is 0 Å². The number of nitrogens with zero attached hydrogens (tertiary/aromatic N) is 2. The molecule has 0 bridgehead atoms. The van der Waals surface area contributed by atoms with E-state index in [2.05, 4.69) is 118 Å². The fourth-order valence-electron chi connectivity index (χ4n) is 4.72. The number of thiophene rings is 1. The molecular formula is C31H22BrIN2S. The Morgan fingerprint density at radius 3 is 2.31 bits per heavy atom. The van der Waals surface area contributed by atoms with Gasteiger partial charge in [0.15, 0.2) is 5.82 Å². The number of alkyl halides is 1. The van der Waals surface area contributed by atoms with Gasteiger partial charge in [-0.2, -0.15) is 0 Å². The van der Waals surface area contributed by atoms with Gasteiger partial charge in [-0.15, -0.1) is 11.3 Å². The minimum atomic E-state index is 0.756. The summed E-state index contributed by atoms with van der Waals surface area (Å²) in [7, 11) is 0. The lowest BCUT2D eigenvalue weighted by Gasteiger charge is -2.16. The van der Waals surface area contributed by atoms with Crippen molar-refractivity contribution in [2.24, 2.45) is 0 Å². The van der Waals surface area contributed by atoms with Crippen molar-refractivity contribution < 1.29 is 0 Å². The van der Waals surface area contributed by atoms with Gasteiger partial charge in [-0.05, 0) is 30.2 Å². The third-order valence-electron chi connectivity index (χ3n) is 6.48. The van der Waals surface area contributed by atoms with E-state index in [1.807, 2.05) is 29.5 Å². The van der Waals surface area contributed by atoms with Crippen molar-refractivity contribution in [2.75, 3.05) is 0 Å². The second kappa shape index (κ2) is 10.0. The molecule has 6 aromatic rings. The quantitative estimate of drug-likeness (QED) is 0.136. The van der Waals surface area contributed by atoms with E-state index in [4.69, 9.17) is 9.97 Å². The summed E-state index contributed by atoms with van der Waals surface area (Å²) < 4.78 is 4.68. The van der Waals surface area contributed by atoms with Gasteiger partial charge in [-0.3, -0.25) is 0 Å². The van der Waals surface area contributed by atoms with Crippen LogP contribution < -0.4 is 0 Å². The van der Waals surface area contributed by atoms with Gasteiger partial charge in [0.1, 0.15) is 0 Å². The summed E-state index contributed by atoms with van der Waals surface area (Å²) >= 11 is 7.88. The van der Waals surface area contributed by atoms with Crippen LogP contribution in [0.25, 0.3) is 54.1 Å². The zero-order valence-electron chi connectivity index (χ0n) is 19.6. The highest BCUT2D eigenvalue weighted by Gasteiger charge is 2.20. The molecule has 0 spiro atoms. The van der Waals surface area contributed by atoms with Crippen molar-refractivity contribution in [3.05, 3.63) is 107 Å². The predicted octanol–water partition coefficient (Wildman–Crippen LogP) is 10.1. The minimum absolute atomic E-state index is 0.756. The number of hydrogen-bond acceptors (Lipinski definition) is 3. The average molecular weight is 661 g/mol. The van der Waals surface area contributed by atoms with Crippen LogP contribution in [0, 0.1) is 0 Å². The Labute approximate surface area is 236 Å². The highest BCUT2D eigenvalue weighted by atomic mass is 127. The van der Waals surface area contributed by atoms with Gasteiger partial charge in [0.05, 0.1) is 11.4 Å². The van der Waals surface area contributed by atoms with Crippen LogP contribution in [0.2, 0.25) is 0 Å². The molecule has 2 heterocycles. The summed E-state index contributed by atoms with van der Waals surface area (Å²) in [5.41, 5.74) is 7.86. The molecular weight excluding hydrogens is 639 g/mol. The molecule has 0 aliphatic carbocycles. The third kappa shape index (κ3) is 4.27. The number of benzene rings is 4. The molecule has 0 N–H and O–H groups in total. The highest BCUT2D eigenvalue weighted by molar-refractivity contribution is 14.1. The zero-order valence-corrected chi connectivity index (χ0v) is 24.2. The van der Waals surface area contributed by atoms with Crippen molar-refractivity contribution in [2.45, 2.75) is 17.8 Å². The summed E-state index contributed by atoms with van der Waals surface area (Å²) in [6.07, 6.45) is 0.843. The lowest BCUT2D eigenvalue weighted by Crippen LogP contribution is -2.02. The van der Waals surface area contributed by atoms with Crippen LogP contribution in [0.15, 0.2) is 95.5 Å². The van der Waals surface area contributed by atoms with Crippen molar-refractivity contribution in [1.29, 1.82) is 0 Å². The highest BCUT2D eigenvalue weighted by Crippen LogP contribution is 2.42. The largest absolute Gasteiger partial charge is 0.228 e. The molecule has 5 heteroatoms. The summed E-state index contributed by atoms with van der Waals surface area (Å²) in [6, 6.07) is 32.2. The molecule has 4 aromatic carbocycles. The van der Waals surface area contributed by atoms with Crippen molar-refractivity contribution >= 4 is 70.0 Å². The summed E-state index contributed by atoms with van der Waals surface area (Å²) in [6.45, 7) is 2.20. The van der Waals surface area contributed by atoms with Gasteiger partial charge in [-0.1, -0.05) is 118 Å². The molecule has 36 heavy (non-hydrogen) atoms. The number of aromatic nitrogens is 2. The Bertz CT molecular complexity index is 1710. The molecule has 176 valence electrons. The molecule has 0 atom stereocenters. The van der Waals surface area contributed by atoms with Crippen LogP contribution in [-0.4, -0.2) is 9.97 Å². The maximum atomic E-state index is 5.23. The van der Waals surface area contributed by atoms with Crippen LogP contribution in [0.5, 0.6) is 0 Å². The second-order valence-corrected chi connectivity index (χ2v) is 11.4. The fourth-order valence-corrected chi connectivity index (χ4v) is 6.74. The molecule has 0 saturated carbocycles. The average Bonchev–Trinajstić information content (AvgIpc) is 3.31. The van der Waals surface area contributed by atoms with E-state index in [9.17, 15) is 0 Å². The summed E-state index contributed by atoms with van der Waals surface area (Å²) in [5, 5.41) is 2.61. The molecule has 0 amide bonds. The predicted molar refractivity (Wildman–Crippen MR) is 166 cm³/mol. The van der Waals surface area contributed by atoms with Crippen molar-refractivity contribution in [3.63, 3.8) is 0 Å². The molecule has 0 aliphatic heterocycles. The SMILES string of the molecule is CCc1c(-c2ccc(Br)cc2)nc(-c2ccccc2)nc1-c1cccc2c1sc1cc(CI)ccc12. The zero-order chi connectivity index (χ0) is 24.6. The van der Waals surface area contributed by atoms with E-state index in [1.54, 1.807) is 0 Å². The van der Waals surface area contributed by atoms with Gasteiger partial charge < -0.3 is 0 Å². The van der Waals surface area contributed by atoms with Crippen molar-refractivity contribution in [1.82, 2.24) is 9.97 Å². The van der Waals surface area contributed by atoms with Crippen LogP contribution in [0.4, 0.5) is 0 Å². The van der Waals surface area contributed by atoms with E-state index in [-0.39, 0.29) is 0 Å². The maximum absolute atomic E-state index is 5.23. The number of rotatable bonds is 5. The van der Waals surface area contributed by atoms with E-state index >= 15 is 0 Å². The lowest BCUT2D eigenvalue weighted by molar-refractivity contribution is 1.06. The van der Waals surface area contributed by atoms with Crippen LogP contribution in [0.1, 0.15) is 18.1 Å². The first-order valence-electron chi connectivity index (χ1n) is 11.9. The minimum Gasteiger partial charge on any atom is -0.228 e. The number of fused-ring (bicyclic) bond motifs is 3. The molecule has 6 rings (SSSR count). The normalized spacial score (nSPS) is 11.4. The standard InChI is InChI=1S/C31H22BrIN2S/c1-2-23-28(20-12-14-22(32)15-13-20)34-31(21-7-4-3-5-8-21)35-29(23)26-10-6-9-25-24-16-11-19(18-33)17-27(24)36-30(25)26/h3-17H,2,18H2,1H3. The van der Waals surface area contributed by atoms with E-state index < -0.39 is 0 Å². The molecule has 2 nitrogen and oxygen atoms in total. The van der Waals surface area contributed by atoms with E-state index in [1.165, 1.54) is 36.9 Å². The van der Waals surface area contributed by atoms with Gasteiger partial charge in [0.2, 0.25) is 0 Å².